The van der Waals surface area contributed by atoms with Gasteiger partial charge in [-0.25, -0.2) is 0 Å². The number of hydrogen-bond acceptors (Lipinski definition) is 3. The van der Waals surface area contributed by atoms with Crippen LogP contribution in [0, 0.1) is 0 Å². The van der Waals surface area contributed by atoms with Gasteiger partial charge in [0.05, 0.1) is 11.4 Å². The second kappa shape index (κ2) is 8.03. The Morgan fingerprint density at radius 2 is 1.90 bits per heavy atom. The van der Waals surface area contributed by atoms with Crippen molar-refractivity contribution in [2.24, 2.45) is 5.73 Å². The average Bonchev–Trinajstić information content (AvgIpc) is 2.75. The van der Waals surface area contributed by atoms with E-state index in [1.54, 1.807) is 0 Å². The van der Waals surface area contributed by atoms with E-state index in [-0.39, 0.29) is 11.9 Å². The van der Waals surface area contributed by atoms with Gasteiger partial charge in [0.1, 0.15) is 0 Å². The lowest BCUT2D eigenvalue weighted by atomic mass is 10.1. The maximum atomic E-state index is 12.0. The molecule has 21 heavy (non-hydrogen) atoms. The zero-order chi connectivity index (χ0) is 15.1. The van der Waals surface area contributed by atoms with Gasteiger partial charge in [-0.3, -0.25) is 4.79 Å². The van der Waals surface area contributed by atoms with Crippen LogP contribution in [-0.2, 0) is 4.79 Å². The van der Waals surface area contributed by atoms with E-state index >= 15 is 0 Å². The number of nitrogens with one attached hydrogen (secondary N) is 1. The number of rotatable bonds is 5. The molecule has 116 valence electrons. The number of anilines is 2. The van der Waals surface area contributed by atoms with Crippen LogP contribution in [0.15, 0.2) is 24.3 Å². The summed E-state index contributed by atoms with van der Waals surface area (Å²) < 4.78 is 0. The highest BCUT2D eigenvalue weighted by molar-refractivity contribution is 5.94. The molecule has 4 nitrogen and oxygen atoms in total. The summed E-state index contributed by atoms with van der Waals surface area (Å²) in [4.78, 5) is 14.4. The van der Waals surface area contributed by atoms with Crippen molar-refractivity contribution in [1.82, 2.24) is 0 Å². The van der Waals surface area contributed by atoms with Crippen molar-refractivity contribution >= 4 is 17.3 Å². The molecule has 1 amide bonds. The third-order valence-corrected chi connectivity index (χ3v) is 3.95. The van der Waals surface area contributed by atoms with E-state index in [1.807, 2.05) is 25.1 Å². The molecule has 1 fully saturated rings. The Morgan fingerprint density at radius 1 is 1.24 bits per heavy atom. The van der Waals surface area contributed by atoms with Gasteiger partial charge in [0.15, 0.2) is 0 Å². The minimum Gasteiger partial charge on any atom is -0.370 e. The van der Waals surface area contributed by atoms with Gasteiger partial charge in [-0.2, -0.15) is 0 Å². The first-order valence-corrected chi connectivity index (χ1v) is 8.06. The molecule has 1 aliphatic heterocycles. The molecular formula is C17H27N3O. The Kier molecular flexibility index (Phi) is 6.05. The van der Waals surface area contributed by atoms with Crippen LogP contribution in [0.4, 0.5) is 11.4 Å². The van der Waals surface area contributed by atoms with Gasteiger partial charge in [-0.05, 0) is 38.3 Å². The molecule has 1 aromatic carbocycles. The van der Waals surface area contributed by atoms with Crippen LogP contribution in [0.2, 0.25) is 0 Å². The van der Waals surface area contributed by atoms with Gasteiger partial charge in [0.2, 0.25) is 5.91 Å². The average molecular weight is 289 g/mol. The molecule has 0 spiro atoms. The molecule has 3 N–H and O–H groups in total. The minimum atomic E-state index is 0.0505. The van der Waals surface area contributed by atoms with Crippen molar-refractivity contribution in [1.29, 1.82) is 0 Å². The van der Waals surface area contributed by atoms with Crippen molar-refractivity contribution in [3.63, 3.8) is 0 Å². The van der Waals surface area contributed by atoms with Crippen molar-refractivity contribution in [2.45, 2.75) is 51.5 Å². The normalized spacial score (nSPS) is 17.1. The Morgan fingerprint density at radius 3 is 2.57 bits per heavy atom. The van der Waals surface area contributed by atoms with E-state index < -0.39 is 0 Å². The van der Waals surface area contributed by atoms with E-state index in [9.17, 15) is 4.79 Å². The highest BCUT2D eigenvalue weighted by Crippen LogP contribution is 2.28. The Hall–Kier alpha value is -1.55. The van der Waals surface area contributed by atoms with Crippen LogP contribution in [-0.4, -0.2) is 25.0 Å². The number of nitrogens with two attached hydrogens (primary N) is 1. The Balaban J connectivity index is 2.03. The van der Waals surface area contributed by atoms with Gasteiger partial charge in [-0.15, -0.1) is 0 Å². The first-order valence-electron chi connectivity index (χ1n) is 8.06. The highest BCUT2D eigenvalue weighted by Gasteiger charge is 2.14. The number of nitrogens with zero attached hydrogens (tertiary/aromatic N) is 1. The summed E-state index contributed by atoms with van der Waals surface area (Å²) in [6.07, 6.45) is 6.27. The maximum absolute atomic E-state index is 12.0. The molecule has 0 aromatic heterocycles. The SMILES string of the molecule is CC(N)CCC(=O)Nc1ccccc1N1CCCCCC1. The molecular weight excluding hydrogens is 262 g/mol. The fourth-order valence-electron chi connectivity index (χ4n) is 2.74. The molecule has 0 saturated carbocycles. The van der Waals surface area contributed by atoms with Crippen LogP contribution in [0.25, 0.3) is 0 Å². The van der Waals surface area contributed by atoms with E-state index in [1.165, 1.54) is 25.7 Å². The summed E-state index contributed by atoms with van der Waals surface area (Å²) in [7, 11) is 0. The first kappa shape index (κ1) is 15.8. The van der Waals surface area contributed by atoms with Crippen LogP contribution >= 0.6 is 0 Å². The molecule has 1 saturated heterocycles. The van der Waals surface area contributed by atoms with E-state index in [4.69, 9.17) is 5.73 Å². The van der Waals surface area contributed by atoms with Crippen molar-refractivity contribution in [3.8, 4) is 0 Å². The van der Waals surface area contributed by atoms with Crippen LogP contribution < -0.4 is 16.0 Å². The fraction of sp³-hybridized carbons (Fsp3) is 0.588. The lowest BCUT2D eigenvalue weighted by Crippen LogP contribution is -2.26. The quantitative estimate of drug-likeness (QED) is 0.875. The molecule has 2 rings (SSSR count). The number of hydrogen-bond donors (Lipinski definition) is 2. The highest BCUT2D eigenvalue weighted by atomic mass is 16.1. The predicted octanol–water partition coefficient (Wildman–Crippen LogP) is 3.13. The molecule has 0 aliphatic carbocycles. The van der Waals surface area contributed by atoms with Crippen molar-refractivity contribution in [2.75, 3.05) is 23.3 Å². The molecule has 1 atom stereocenters. The van der Waals surface area contributed by atoms with Gasteiger partial charge >= 0.3 is 0 Å². The molecule has 4 heteroatoms. The van der Waals surface area contributed by atoms with Gasteiger partial charge < -0.3 is 16.0 Å². The van der Waals surface area contributed by atoms with Crippen LogP contribution in [0.5, 0.6) is 0 Å². The standard InChI is InChI=1S/C17H27N3O/c1-14(18)10-11-17(21)19-15-8-4-5-9-16(15)20-12-6-2-3-7-13-20/h4-5,8-9,14H,2-3,6-7,10-13,18H2,1H3,(H,19,21). The van der Waals surface area contributed by atoms with E-state index in [2.05, 4.69) is 16.3 Å². The number of amides is 1. The molecule has 0 radical (unpaired) electrons. The largest absolute Gasteiger partial charge is 0.370 e. The fourth-order valence-corrected chi connectivity index (χ4v) is 2.74. The number of carbonyl (C=O) groups is 1. The zero-order valence-corrected chi connectivity index (χ0v) is 13.0. The number of carbonyl (C=O) groups excluding carboxylic acids is 1. The van der Waals surface area contributed by atoms with Gasteiger partial charge in [-0.1, -0.05) is 25.0 Å². The van der Waals surface area contributed by atoms with E-state index in [0.717, 1.165) is 30.9 Å². The van der Waals surface area contributed by atoms with Gasteiger partial charge in [0.25, 0.3) is 0 Å². The first-order chi connectivity index (χ1) is 10.2. The smallest absolute Gasteiger partial charge is 0.224 e. The van der Waals surface area contributed by atoms with Gasteiger partial charge in [0, 0.05) is 25.6 Å². The molecule has 1 aromatic rings. The molecule has 1 unspecified atom stereocenters. The lowest BCUT2D eigenvalue weighted by molar-refractivity contribution is -0.116. The van der Waals surface area contributed by atoms with Crippen LogP contribution in [0.1, 0.15) is 45.4 Å². The molecule has 1 aliphatic rings. The monoisotopic (exact) mass is 289 g/mol. The third-order valence-electron chi connectivity index (χ3n) is 3.95. The van der Waals surface area contributed by atoms with E-state index in [0.29, 0.717) is 6.42 Å². The Bertz CT molecular complexity index is 451. The summed E-state index contributed by atoms with van der Waals surface area (Å²) in [6, 6.07) is 8.17. The summed E-state index contributed by atoms with van der Waals surface area (Å²) in [5.41, 5.74) is 7.78. The summed E-state index contributed by atoms with van der Waals surface area (Å²) >= 11 is 0. The second-order valence-corrected chi connectivity index (χ2v) is 5.98. The maximum Gasteiger partial charge on any atom is 0.224 e. The lowest BCUT2D eigenvalue weighted by Gasteiger charge is -2.25. The van der Waals surface area contributed by atoms with Crippen molar-refractivity contribution < 1.29 is 4.79 Å². The van der Waals surface area contributed by atoms with Crippen LogP contribution in [0.3, 0.4) is 0 Å². The summed E-state index contributed by atoms with van der Waals surface area (Å²) in [5.74, 6) is 0.0505. The van der Waals surface area contributed by atoms with Crippen molar-refractivity contribution in [3.05, 3.63) is 24.3 Å². The minimum absolute atomic E-state index is 0.0505. The number of para-hydroxylation sites is 2. The predicted molar refractivity (Wildman–Crippen MR) is 88.6 cm³/mol. The summed E-state index contributed by atoms with van der Waals surface area (Å²) in [6.45, 7) is 4.08. The third kappa shape index (κ3) is 5.05. The topological polar surface area (TPSA) is 58.4 Å². The number of benzene rings is 1. The Labute approximate surface area is 127 Å². The molecule has 1 heterocycles. The summed E-state index contributed by atoms with van der Waals surface area (Å²) in [5, 5.41) is 3.05. The molecule has 0 bridgehead atoms. The zero-order valence-electron chi connectivity index (χ0n) is 13.0. The second-order valence-electron chi connectivity index (χ2n) is 5.98.